The third-order valence-corrected chi connectivity index (χ3v) is 3.46. The zero-order valence-electron chi connectivity index (χ0n) is 10.4. The summed E-state index contributed by atoms with van der Waals surface area (Å²) >= 11 is 0. The largest absolute Gasteiger partial charge is 0.481 e. The number of rotatable bonds is 7. The Hall–Kier alpha value is -0.610. The number of carbonyl (C=O) groups is 1. The fourth-order valence-corrected chi connectivity index (χ4v) is 2.19. The highest BCUT2D eigenvalue weighted by Gasteiger charge is 2.18. The van der Waals surface area contributed by atoms with Crippen LogP contribution in [-0.2, 0) is 4.79 Å². The van der Waals surface area contributed by atoms with Crippen molar-refractivity contribution in [3.63, 3.8) is 0 Å². The fraction of sp³-hybridized carbons (Fsp3) is 0.917. The highest BCUT2D eigenvalue weighted by molar-refractivity contribution is 5.69. The summed E-state index contributed by atoms with van der Waals surface area (Å²) in [6, 6.07) is 0.749. The maximum Gasteiger partial charge on any atom is 0.307 e. The molecular weight excluding hydrogens is 204 g/mol. The van der Waals surface area contributed by atoms with Gasteiger partial charge < -0.3 is 15.3 Å². The second-order valence-electron chi connectivity index (χ2n) is 4.86. The van der Waals surface area contributed by atoms with Crippen LogP contribution >= 0.6 is 0 Å². The molecule has 0 radical (unpaired) electrons. The number of nitrogens with one attached hydrogen (secondary N) is 1. The Balaban J connectivity index is 2.04. The molecule has 1 fully saturated rings. The molecule has 94 valence electrons. The summed E-state index contributed by atoms with van der Waals surface area (Å²) in [4.78, 5) is 13.0. The van der Waals surface area contributed by atoms with E-state index in [4.69, 9.17) is 5.11 Å². The van der Waals surface area contributed by atoms with Crippen LogP contribution in [0.15, 0.2) is 0 Å². The zero-order valence-corrected chi connectivity index (χ0v) is 10.4. The molecule has 16 heavy (non-hydrogen) atoms. The van der Waals surface area contributed by atoms with Crippen molar-refractivity contribution in [1.29, 1.82) is 0 Å². The van der Waals surface area contributed by atoms with E-state index < -0.39 is 5.97 Å². The lowest BCUT2D eigenvalue weighted by molar-refractivity contribution is -0.140. The van der Waals surface area contributed by atoms with Gasteiger partial charge in [0.05, 0.1) is 5.92 Å². The highest BCUT2D eigenvalue weighted by atomic mass is 16.4. The Labute approximate surface area is 98.0 Å². The second kappa shape index (κ2) is 6.86. The van der Waals surface area contributed by atoms with Crippen molar-refractivity contribution in [2.45, 2.75) is 38.6 Å². The lowest BCUT2D eigenvalue weighted by Crippen LogP contribution is -2.37. The van der Waals surface area contributed by atoms with Gasteiger partial charge in [0, 0.05) is 25.7 Å². The quantitative estimate of drug-likeness (QED) is 0.642. The number of aliphatic carboxylic acids is 1. The van der Waals surface area contributed by atoms with Crippen LogP contribution in [0.5, 0.6) is 0 Å². The predicted molar refractivity (Wildman–Crippen MR) is 64.6 cm³/mol. The average Bonchev–Trinajstić information content (AvgIpc) is 2.76. The first-order valence-electron chi connectivity index (χ1n) is 6.25. The summed E-state index contributed by atoms with van der Waals surface area (Å²) in [5.74, 6) is -1.02. The standard InChI is InChI=1S/C12H24N2O2/c1-10(12(15)16)9-13-7-8-14(2)11-5-3-4-6-11/h10-11,13H,3-9H2,1-2H3,(H,15,16). The van der Waals surface area contributed by atoms with E-state index in [1.165, 1.54) is 25.7 Å². The number of carboxylic acid groups (broad SMARTS) is 1. The van der Waals surface area contributed by atoms with Gasteiger partial charge in [-0.2, -0.15) is 0 Å². The van der Waals surface area contributed by atoms with Gasteiger partial charge in [0.2, 0.25) is 0 Å². The summed E-state index contributed by atoms with van der Waals surface area (Å²) in [6.45, 7) is 4.19. The van der Waals surface area contributed by atoms with Gasteiger partial charge in [-0.05, 0) is 19.9 Å². The molecule has 4 nitrogen and oxygen atoms in total. The van der Waals surface area contributed by atoms with Gasteiger partial charge in [0.1, 0.15) is 0 Å². The molecule has 0 spiro atoms. The van der Waals surface area contributed by atoms with Gasteiger partial charge in [-0.1, -0.05) is 19.8 Å². The topological polar surface area (TPSA) is 52.6 Å². The van der Waals surface area contributed by atoms with E-state index in [0.29, 0.717) is 6.54 Å². The normalized spacial score (nSPS) is 19.2. The molecule has 0 aromatic heterocycles. The zero-order chi connectivity index (χ0) is 12.0. The number of nitrogens with zero attached hydrogens (tertiary/aromatic N) is 1. The lowest BCUT2D eigenvalue weighted by Gasteiger charge is -2.24. The van der Waals surface area contributed by atoms with E-state index >= 15 is 0 Å². The molecule has 0 aliphatic heterocycles. The van der Waals surface area contributed by atoms with E-state index in [2.05, 4.69) is 17.3 Å². The van der Waals surface area contributed by atoms with Crippen LogP contribution in [0.1, 0.15) is 32.6 Å². The van der Waals surface area contributed by atoms with Crippen molar-refractivity contribution in [2.75, 3.05) is 26.7 Å². The Morgan fingerprint density at radius 1 is 1.50 bits per heavy atom. The van der Waals surface area contributed by atoms with Crippen molar-refractivity contribution in [3.05, 3.63) is 0 Å². The van der Waals surface area contributed by atoms with Gasteiger partial charge in [-0.25, -0.2) is 0 Å². The number of hydrogen-bond donors (Lipinski definition) is 2. The Morgan fingerprint density at radius 3 is 2.69 bits per heavy atom. The molecule has 1 unspecified atom stereocenters. The van der Waals surface area contributed by atoms with Crippen LogP contribution in [0.3, 0.4) is 0 Å². The van der Waals surface area contributed by atoms with E-state index in [1.807, 2.05) is 0 Å². The Morgan fingerprint density at radius 2 is 2.12 bits per heavy atom. The minimum atomic E-state index is -0.725. The summed E-state index contributed by atoms with van der Waals surface area (Å²) in [5, 5.41) is 11.9. The molecule has 0 saturated heterocycles. The molecule has 1 atom stereocenters. The van der Waals surface area contributed by atoms with Gasteiger partial charge in [-0.3, -0.25) is 4.79 Å². The second-order valence-corrected chi connectivity index (χ2v) is 4.86. The van der Waals surface area contributed by atoms with E-state index in [9.17, 15) is 4.79 Å². The Kier molecular flexibility index (Phi) is 5.77. The van der Waals surface area contributed by atoms with Crippen molar-refractivity contribution in [1.82, 2.24) is 10.2 Å². The molecule has 1 saturated carbocycles. The molecular formula is C12H24N2O2. The van der Waals surface area contributed by atoms with Crippen LogP contribution in [0, 0.1) is 5.92 Å². The van der Waals surface area contributed by atoms with Crippen molar-refractivity contribution in [3.8, 4) is 0 Å². The van der Waals surface area contributed by atoms with E-state index in [1.54, 1.807) is 6.92 Å². The third kappa shape index (κ3) is 4.49. The molecule has 0 amide bonds. The maximum atomic E-state index is 10.6. The molecule has 0 aromatic carbocycles. The van der Waals surface area contributed by atoms with Gasteiger partial charge in [-0.15, -0.1) is 0 Å². The monoisotopic (exact) mass is 228 g/mol. The van der Waals surface area contributed by atoms with Crippen LogP contribution in [-0.4, -0.2) is 48.7 Å². The average molecular weight is 228 g/mol. The third-order valence-electron chi connectivity index (χ3n) is 3.46. The van der Waals surface area contributed by atoms with Crippen molar-refractivity contribution < 1.29 is 9.90 Å². The first-order valence-corrected chi connectivity index (χ1v) is 6.25. The minimum absolute atomic E-state index is 0.295. The van der Waals surface area contributed by atoms with E-state index in [-0.39, 0.29) is 5.92 Å². The number of carboxylic acids is 1. The predicted octanol–water partition coefficient (Wildman–Crippen LogP) is 1.17. The fourth-order valence-electron chi connectivity index (χ4n) is 2.19. The molecule has 0 bridgehead atoms. The smallest absolute Gasteiger partial charge is 0.307 e. The van der Waals surface area contributed by atoms with Gasteiger partial charge in [0.25, 0.3) is 0 Å². The van der Waals surface area contributed by atoms with E-state index in [0.717, 1.165) is 19.1 Å². The molecule has 1 aliphatic rings. The maximum absolute atomic E-state index is 10.6. The molecule has 0 heterocycles. The van der Waals surface area contributed by atoms with Crippen LogP contribution < -0.4 is 5.32 Å². The molecule has 4 heteroatoms. The minimum Gasteiger partial charge on any atom is -0.481 e. The first kappa shape index (κ1) is 13.5. The summed E-state index contributed by atoms with van der Waals surface area (Å²) in [7, 11) is 2.16. The highest BCUT2D eigenvalue weighted by Crippen LogP contribution is 2.21. The number of likely N-dealkylation sites (N-methyl/N-ethyl adjacent to an activating group) is 1. The van der Waals surface area contributed by atoms with Crippen molar-refractivity contribution in [2.24, 2.45) is 5.92 Å². The summed E-state index contributed by atoms with van der Waals surface area (Å²) in [6.07, 6.45) is 5.36. The SMILES string of the molecule is CC(CNCCN(C)C1CCCC1)C(=O)O. The lowest BCUT2D eigenvalue weighted by atomic mass is 10.2. The summed E-state index contributed by atoms with van der Waals surface area (Å²) < 4.78 is 0. The molecule has 0 aromatic rings. The molecule has 2 N–H and O–H groups in total. The van der Waals surface area contributed by atoms with Gasteiger partial charge in [0.15, 0.2) is 0 Å². The Bertz CT molecular complexity index is 215. The number of hydrogen-bond acceptors (Lipinski definition) is 3. The van der Waals surface area contributed by atoms with Crippen molar-refractivity contribution >= 4 is 5.97 Å². The summed E-state index contributed by atoms with van der Waals surface area (Å²) in [5.41, 5.74) is 0. The van der Waals surface area contributed by atoms with Crippen LogP contribution in [0.25, 0.3) is 0 Å². The van der Waals surface area contributed by atoms with Gasteiger partial charge >= 0.3 is 5.97 Å². The van der Waals surface area contributed by atoms with Crippen LogP contribution in [0.4, 0.5) is 0 Å². The molecule has 1 rings (SSSR count). The molecule has 1 aliphatic carbocycles. The van der Waals surface area contributed by atoms with Crippen LogP contribution in [0.2, 0.25) is 0 Å². The first-order chi connectivity index (χ1) is 7.61.